The molecule has 1 saturated heterocycles. The number of sulfonamides is 1. The van der Waals surface area contributed by atoms with Crippen LogP contribution in [0, 0.1) is 0 Å². The smallest absolute Gasteiger partial charge is 0.269 e. The van der Waals surface area contributed by atoms with Crippen LogP contribution in [0.4, 0.5) is 5.69 Å². The maximum absolute atomic E-state index is 12.5. The number of nitrogens with one attached hydrogen (secondary N) is 3. The molecule has 1 heterocycles. The summed E-state index contributed by atoms with van der Waals surface area (Å²) < 4.78 is 32.8. The van der Waals surface area contributed by atoms with E-state index < -0.39 is 21.8 Å². The van der Waals surface area contributed by atoms with Crippen LogP contribution < -0.4 is 20.3 Å². The lowest BCUT2D eigenvalue weighted by Crippen LogP contribution is -2.46. The van der Waals surface area contributed by atoms with E-state index in [0.29, 0.717) is 24.0 Å². The maximum Gasteiger partial charge on any atom is 0.269 e. The predicted molar refractivity (Wildman–Crippen MR) is 120 cm³/mol. The SMILES string of the molecule is CCOc1ccc(S(=O)(=O)Nc2ccc(C(=O)NNC(=O)CN3CSCC3=O)cc2)cc1. The normalized spacial score (nSPS) is 13.5. The van der Waals surface area contributed by atoms with E-state index in [1.165, 1.54) is 53.1 Å². The number of rotatable bonds is 8. The molecular weight excluding hydrogens is 456 g/mol. The first kappa shape index (κ1) is 23.4. The molecule has 12 heteroatoms. The number of benzene rings is 2. The second-order valence-electron chi connectivity index (χ2n) is 6.66. The van der Waals surface area contributed by atoms with Crippen molar-refractivity contribution in [2.45, 2.75) is 11.8 Å². The lowest BCUT2D eigenvalue weighted by Gasteiger charge is -2.14. The van der Waals surface area contributed by atoms with Crippen LogP contribution in [0.1, 0.15) is 17.3 Å². The molecule has 0 spiro atoms. The Morgan fingerprint density at radius 2 is 1.75 bits per heavy atom. The maximum atomic E-state index is 12.5. The van der Waals surface area contributed by atoms with Crippen molar-refractivity contribution >= 4 is 45.2 Å². The van der Waals surface area contributed by atoms with Gasteiger partial charge in [0.25, 0.3) is 21.8 Å². The minimum absolute atomic E-state index is 0.0698. The van der Waals surface area contributed by atoms with E-state index >= 15 is 0 Å². The zero-order chi connectivity index (χ0) is 23.1. The Labute approximate surface area is 189 Å². The molecule has 3 amide bonds. The van der Waals surface area contributed by atoms with E-state index in [2.05, 4.69) is 15.6 Å². The van der Waals surface area contributed by atoms with Crippen molar-refractivity contribution in [1.82, 2.24) is 15.8 Å². The van der Waals surface area contributed by atoms with Gasteiger partial charge in [0.15, 0.2) is 0 Å². The quantitative estimate of drug-likeness (QED) is 0.485. The van der Waals surface area contributed by atoms with Gasteiger partial charge in [-0.1, -0.05) is 0 Å². The van der Waals surface area contributed by atoms with Gasteiger partial charge < -0.3 is 9.64 Å². The molecule has 0 unspecified atom stereocenters. The first-order valence-corrected chi connectivity index (χ1v) is 12.2. The predicted octanol–water partition coefficient (Wildman–Crippen LogP) is 1.18. The Bertz CT molecular complexity index is 1090. The number of nitrogens with zero attached hydrogens (tertiary/aromatic N) is 1. The van der Waals surface area contributed by atoms with Crippen LogP contribution in [0.2, 0.25) is 0 Å². The molecule has 0 atom stereocenters. The molecule has 10 nitrogen and oxygen atoms in total. The molecule has 0 saturated carbocycles. The number of thioether (sulfide) groups is 1. The highest BCUT2D eigenvalue weighted by atomic mass is 32.2. The van der Waals surface area contributed by atoms with Crippen LogP contribution in [0.25, 0.3) is 0 Å². The largest absolute Gasteiger partial charge is 0.494 e. The third-order valence-corrected chi connectivity index (χ3v) is 6.66. The number of hydrogen-bond donors (Lipinski definition) is 3. The van der Waals surface area contributed by atoms with Gasteiger partial charge in [0.05, 0.1) is 23.1 Å². The van der Waals surface area contributed by atoms with Crippen LogP contribution in [-0.4, -0.2) is 55.8 Å². The van der Waals surface area contributed by atoms with Crippen molar-refractivity contribution in [2.24, 2.45) is 0 Å². The lowest BCUT2D eigenvalue weighted by molar-refractivity contribution is -0.132. The van der Waals surface area contributed by atoms with Crippen molar-refractivity contribution in [3.05, 3.63) is 54.1 Å². The van der Waals surface area contributed by atoms with Gasteiger partial charge >= 0.3 is 0 Å². The Balaban J connectivity index is 1.54. The van der Waals surface area contributed by atoms with Gasteiger partial charge in [-0.2, -0.15) is 0 Å². The Morgan fingerprint density at radius 3 is 2.34 bits per heavy atom. The van der Waals surface area contributed by atoms with Gasteiger partial charge in [0.1, 0.15) is 12.3 Å². The third-order valence-electron chi connectivity index (χ3n) is 4.32. The Hall–Kier alpha value is -3.25. The van der Waals surface area contributed by atoms with E-state index in [4.69, 9.17) is 4.74 Å². The van der Waals surface area contributed by atoms with Crippen molar-refractivity contribution in [2.75, 3.05) is 29.5 Å². The number of ether oxygens (including phenoxy) is 1. The average molecular weight is 479 g/mol. The standard InChI is InChI=1S/C20H22N4O6S2/c1-2-30-16-7-9-17(10-8-16)32(28,29)23-15-5-3-14(4-6-15)20(27)22-21-18(25)11-24-13-31-12-19(24)26/h3-10,23H,2,11-13H2,1H3,(H,21,25)(H,22,27). The molecule has 0 radical (unpaired) electrons. The van der Waals surface area contributed by atoms with Crippen LogP contribution in [0.15, 0.2) is 53.4 Å². The molecule has 32 heavy (non-hydrogen) atoms. The number of anilines is 1. The van der Waals surface area contributed by atoms with Crippen LogP contribution >= 0.6 is 11.8 Å². The summed E-state index contributed by atoms with van der Waals surface area (Å²) in [5.41, 5.74) is 4.99. The molecule has 0 aromatic heterocycles. The summed E-state index contributed by atoms with van der Waals surface area (Å²) in [6.45, 7) is 2.17. The molecule has 0 bridgehead atoms. The Morgan fingerprint density at radius 1 is 1.06 bits per heavy atom. The van der Waals surface area contributed by atoms with E-state index in [-0.39, 0.29) is 28.6 Å². The van der Waals surface area contributed by atoms with E-state index in [9.17, 15) is 22.8 Å². The van der Waals surface area contributed by atoms with Gasteiger partial charge in [-0.15, -0.1) is 11.8 Å². The summed E-state index contributed by atoms with van der Waals surface area (Å²) in [6, 6.07) is 11.7. The molecule has 1 aliphatic heterocycles. The minimum Gasteiger partial charge on any atom is -0.494 e. The summed E-state index contributed by atoms with van der Waals surface area (Å²) in [7, 11) is -3.81. The number of carbonyl (C=O) groups excluding carboxylic acids is 3. The first-order chi connectivity index (χ1) is 15.3. The minimum atomic E-state index is -3.81. The number of hydrazine groups is 1. The van der Waals surface area contributed by atoms with Crippen molar-refractivity contribution < 1.29 is 27.5 Å². The van der Waals surface area contributed by atoms with Crippen molar-refractivity contribution in [3.63, 3.8) is 0 Å². The second-order valence-corrected chi connectivity index (χ2v) is 9.30. The highest BCUT2D eigenvalue weighted by molar-refractivity contribution is 8.00. The fraction of sp³-hybridized carbons (Fsp3) is 0.250. The number of amides is 3. The molecule has 3 rings (SSSR count). The van der Waals surface area contributed by atoms with E-state index in [1.807, 2.05) is 6.92 Å². The van der Waals surface area contributed by atoms with Gasteiger partial charge in [-0.05, 0) is 55.5 Å². The monoisotopic (exact) mass is 478 g/mol. The van der Waals surface area contributed by atoms with E-state index in [0.717, 1.165) is 0 Å². The summed E-state index contributed by atoms with van der Waals surface area (Å²) >= 11 is 1.41. The molecule has 170 valence electrons. The molecule has 2 aromatic rings. The van der Waals surface area contributed by atoms with Gasteiger partial charge in [0, 0.05) is 11.3 Å². The first-order valence-electron chi connectivity index (χ1n) is 9.59. The zero-order valence-electron chi connectivity index (χ0n) is 17.2. The fourth-order valence-electron chi connectivity index (χ4n) is 2.74. The van der Waals surface area contributed by atoms with Crippen molar-refractivity contribution in [3.8, 4) is 5.75 Å². The summed E-state index contributed by atoms with van der Waals surface area (Å²) in [5, 5.41) is 0. The third kappa shape index (κ3) is 6.14. The summed E-state index contributed by atoms with van der Waals surface area (Å²) in [4.78, 5) is 37.0. The summed E-state index contributed by atoms with van der Waals surface area (Å²) in [5.74, 6) is 0.123. The van der Waals surface area contributed by atoms with Crippen LogP contribution in [0.5, 0.6) is 5.75 Å². The molecule has 3 N–H and O–H groups in total. The number of hydrogen-bond acceptors (Lipinski definition) is 7. The topological polar surface area (TPSA) is 134 Å². The molecular formula is C20H22N4O6S2. The number of carbonyl (C=O) groups is 3. The Kier molecular flexibility index (Phi) is 7.59. The summed E-state index contributed by atoms with van der Waals surface area (Å²) in [6.07, 6.45) is 0. The molecule has 1 aliphatic rings. The molecule has 0 aliphatic carbocycles. The lowest BCUT2D eigenvalue weighted by atomic mass is 10.2. The van der Waals surface area contributed by atoms with Gasteiger partial charge in [0.2, 0.25) is 5.91 Å². The van der Waals surface area contributed by atoms with Crippen LogP contribution in [0.3, 0.4) is 0 Å². The average Bonchev–Trinajstić information content (AvgIpc) is 3.17. The van der Waals surface area contributed by atoms with Gasteiger partial charge in [-0.25, -0.2) is 8.42 Å². The van der Waals surface area contributed by atoms with E-state index in [1.54, 1.807) is 12.1 Å². The molecule has 1 fully saturated rings. The zero-order valence-corrected chi connectivity index (χ0v) is 18.8. The fourth-order valence-corrected chi connectivity index (χ4v) is 4.70. The highest BCUT2D eigenvalue weighted by Gasteiger charge is 2.23. The van der Waals surface area contributed by atoms with Gasteiger partial charge in [-0.3, -0.25) is 30.0 Å². The second kappa shape index (κ2) is 10.4. The highest BCUT2D eigenvalue weighted by Crippen LogP contribution is 2.20. The molecule has 2 aromatic carbocycles. The van der Waals surface area contributed by atoms with Crippen LogP contribution in [-0.2, 0) is 19.6 Å². The van der Waals surface area contributed by atoms with Crippen molar-refractivity contribution in [1.29, 1.82) is 0 Å².